The van der Waals surface area contributed by atoms with Crippen LogP contribution in [0.15, 0.2) is 40.8 Å². The third kappa shape index (κ3) is 3.92. The number of nitrogens with zero attached hydrogens (tertiary/aromatic N) is 1. The van der Waals surface area contributed by atoms with Crippen molar-refractivity contribution in [2.45, 2.75) is 26.0 Å². The normalized spacial score (nSPS) is 12.8. The van der Waals surface area contributed by atoms with Crippen LogP contribution >= 0.6 is 0 Å². The average Bonchev–Trinajstić information content (AvgIpc) is 2.82. The summed E-state index contributed by atoms with van der Waals surface area (Å²) < 4.78 is 19.0. The van der Waals surface area contributed by atoms with E-state index < -0.39 is 6.10 Å². The molecule has 1 atom stereocenters. The number of rotatable bonds is 6. The van der Waals surface area contributed by atoms with Crippen LogP contribution in [0.25, 0.3) is 0 Å². The first kappa shape index (κ1) is 14.8. The van der Waals surface area contributed by atoms with E-state index in [1.165, 1.54) is 6.07 Å². The van der Waals surface area contributed by atoms with E-state index in [0.717, 1.165) is 11.5 Å². The molecule has 1 unspecified atom stereocenters. The fourth-order valence-corrected chi connectivity index (χ4v) is 2.16. The Morgan fingerprint density at radius 3 is 2.65 bits per heavy atom. The molecule has 1 N–H and O–H groups in total. The molecule has 0 aliphatic carbocycles. The summed E-state index contributed by atoms with van der Waals surface area (Å²) in [6, 6.07) is 10.2. The number of aliphatic hydroxyl groups excluding tert-OH is 1. The lowest BCUT2D eigenvalue weighted by Gasteiger charge is -2.18. The van der Waals surface area contributed by atoms with Crippen LogP contribution in [0.1, 0.15) is 29.6 Å². The maximum Gasteiger partial charge on any atom is 0.128 e. The van der Waals surface area contributed by atoms with Gasteiger partial charge in [0.05, 0.1) is 12.6 Å². The molecule has 0 amide bonds. The predicted octanol–water partition coefficient (Wildman–Crippen LogP) is 3.28. The zero-order valence-corrected chi connectivity index (χ0v) is 11.8. The van der Waals surface area contributed by atoms with E-state index >= 15 is 0 Å². The highest BCUT2D eigenvalue weighted by molar-refractivity contribution is 5.19. The third-order valence-corrected chi connectivity index (χ3v) is 3.27. The number of aryl methyl sites for hydroxylation is 1. The molecule has 1 aromatic heterocycles. The summed E-state index contributed by atoms with van der Waals surface area (Å²) in [6.07, 6.45) is -0.297. The van der Waals surface area contributed by atoms with E-state index in [9.17, 15) is 9.50 Å². The Labute approximate surface area is 118 Å². The molecule has 3 nitrogen and oxygen atoms in total. The standard InChI is InChI=1S/C16H20FNO2/c1-12-7-8-13(20-12)11-18(2)10-9-16(19)14-5-3-4-6-15(14)17/h3-8,16,19H,9-11H2,1-2H3. The van der Waals surface area contributed by atoms with Gasteiger partial charge in [0.25, 0.3) is 0 Å². The van der Waals surface area contributed by atoms with E-state index in [-0.39, 0.29) is 5.82 Å². The second-order valence-electron chi connectivity index (χ2n) is 5.08. The molecule has 2 rings (SSSR count). The second-order valence-corrected chi connectivity index (χ2v) is 5.08. The lowest BCUT2D eigenvalue weighted by Crippen LogP contribution is -2.20. The van der Waals surface area contributed by atoms with Crippen LogP contribution in [0.2, 0.25) is 0 Å². The Bertz CT molecular complexity index is 553. The number of furan rings is 1. The second kappa shape index (κ2) is 6.68. The van der Waals surface area contributed by atoms with Crippen molar-refractivity contribution in [2.75, 3.05) is 13.6 Å². The Hall–Kier alpha value is -1.65. The van der Waals surface area contributed by atoms with Crippen molar-refractivity contribution >= 4 is 0 Å². The van der Waals surface area contributed by atoms with Gasteiger partial charge in [0.2, 0.25) is 0 Å². The highest BCUT2D eigenvalue weighted by Gasteiger charge is 2.13. The van der Waals surface area contributed by atoms with Crippen molar-refractivity contribution < 1.29 is 13.9 Å². The van der Waals surface area contributed by atoms with Crippen molar-refractivity contribution in [3.63, 3.8) is 0 Å². The molecule has 20 heavy (non-hydrogen) atoms. The number of halogens is 1. The largest absolute Gasteiger partial charge is 0.465 e. The molecule has 0 aliphatic heterocycles. The summed E-state index contributed by atoms with van der Waals surface area (Å²) in [7, 11) is 1.95. The first-order chi connectivity index (χ1) is 9.56. The molecule has 1 heterocycles. The van der Waals surface area contributed by atoms with Crippen LogP contribution in [0.4, 0.5) is 4.39 Å². The molecular formula is C16H20FNO2. The van der Waals surface area contributed by atoms with Gasteiger partial charge in [-0.25, -0.2) is 4.39 Å². The lowest BCUT2D eigenvalue weighted by molar-refractivity contribution is 0.142. The van der Waals surface area contributed by atoms with Crippen molar-refractivity contribution in [2.24, 2.45) is 0 Å². The molecule has 0 radical (unpaired) electrons. The van der Waals surface area contributed by atoms with Gasteiger partial charge in [-0.2, -0.15) is 0 Å². The summed E-state index contributed by atoms with van der Waals surface area (Å²) in [5.41, 5.74) is 0.356. The first-order valence-corrected chi connectivity index (χ1v) is 6.72. The number of aliphatic hydroxyl groups is 1. The van der Waals surface area contributed by atoms with E-state index in [2.05, 4.69) is 0 Å². The SMILES string of the molecule is Cc1ccc(CN(C)CCC(O)c2ccccc2F)o1. The molecule has 4 heteroatoms. The van der Waals surface area contributed by atoms with Gasteiger partial charge in [-0.05, 0) is 38.6 Å². The fourth-order valence-electron chi connectivity index (χ4n) is 2.16. The maximum atomic E-state index is 13.5. The van der Waals surface area contributed by atoms with Crippen LogP contribution in [-0.2, 0) is 6.54 Å². The Morgan fingerprint density at radius 2 is 2.00 bits per heavy atom. The Morgan fingerprint density at radius 1 is 1.25 bits per heavy atom. The van der Waals surface area contributed by atoms with Crippen LogP contribution in [-0.4, -0.2) is 23.6 Å². The van der Waals surface area contributed by atoms with Crippen molar-refractivity contribution in [1.29, 1.82) is 0 Å². The molecule has 0 fully saturated rings. The predicted molar refractivity (Wildman–Crippen MR) is 75.8 cm³/mol. The minimum atomic E-state index is -0.781. The van der Waals surface area contributed by atoms with E-state index in [4.69, 9.17) is 4.42 Å². The van der Waals surface area contributed by atoms with Gasteiger partial charge in [-0.1, -0.05) is 18.2 Å². The van der Waals surface area contributed by atoms with E-state index in [1.807, 2.05) is 31.0 Å². The molecular weight excluding hydrogens is 257 g/mol. The highest BCUT2D eigenvalue weighted by atomic mass is 19.1. The van der Waals surface area contributed by atoms with Gasteiger partial charge in [-0.15, -0.1) is 0 Å². The summed E-state index contributed by atoms with van der Waals surface area (Å²) in [6.45, 7) is 3.25. The van der Waals surface area contributed by atoms with Crippen LogP contribution in [0.3, 0.4) is 0 Å². The quantitative estimate of drug-likeness (QED) is 0.880. The zero-order chi connectivity index (χ0) is 14.5. The van der Waals surface area contributed by atoms with E-state index in [0.29, 0.717) is 25.1 Å². The van der Waals surface area contributed by atoms with Gasteiger partial charge in [0, 0.05) is 12.1 Å². The smallest absolute Gasteiger partial charge is 0.128 e. The Kier molecular flexibility index (Phi) is 4.93. The number of hydrogen-bond acceptors (Lipinski definition) is 3. The maximum absolute atomic E-state index is 13.5. The zero-order valence-electron chi connectivity index (χ0n) is 11.8. The summed E-state index contributed by atoms with van der Waals surface area (Å²) >= 11 is 0. The van der Waals surface area contributed by atoms with Crippen molar-refractivity contribution in [1.82, 2.24) is 4.90 Å². The minimum Gasteiger partial charge on any atom is -0.465 e. The first-order valence-electron chi connectivity index (χ1n) is 6.72. The van der Waals surface area contributed by atoms with Gasteiger partial charge in [0.1, 0.15) is 17.3 Å². The molecule has 0 aliphatic rings. The molecule has 0 saturated heterocycles. The summed E-state index contributed by atoms with van der Waals surface area (Å²) in [4.78, 5) is 2.04. The van der Waals surface area contributed by atoms with Gasteiger partial charge in [0.15, 0.2) is 0 Å². The molecule has 108 valence electrons. The van der Waals surface area contributed by atoms with Crippen molar-refractivity contribution in [3.05, 3.63) is 59.3 Å². The number of benzene rings is 1. The highest BCUT2D eigenvalue weighted by Crippen LogP contribution is 2.20. The molecule has 0 saturated carbocycles. The Balaban J connectivity index is 1.84. The van der Waals surface area contributed by atoms with Gasteiger partial charge in [-0.3, -0.25) is 4.90 Å². The third-order valence-electron chi connectivity index (χ3n) is 3.27. The van der Waals surface area contributed by atoms with Crippen LogP contribution in [0, 0.1) is 12.7 Å². The summed E-state index contributed by atoms with van der Waals surface area (Å²) in [5, 5.41) is 10.0. The average molecular weight is 277 g/mol. The molecule has 2 aromatic rings. The van der Waals surface area contributed by atoms with Gasteiger partial charge >= 0.3 is 0 Å². The summed E-state index contributed by atoms with van der Waals surface area (Å²) in [5.74, 6) is 1.43. The monoisotopic (exact) mass is 277 g/mol. The van der Waals surface area contributed by atoms with Gasteiger partial charge < -0.3 is 9.52 Å². The molecule has 1 aromatic carbocycles. The topological polar surface area (TPSA) is 36.6 Å². The molecule has 0 bridgehead atoms. The van der Waals surface area contributed by atoms with E-state index in [1.54, 1.807) is 18.2 Å². The van der Waals surface area contributed by atoms with Crippen molar-refractivity contribution in [3.8, 4) is 0 Å². The minimum absolute atomic E-state index is 0.356. The molecule has 0 spiro atoms. The fraction of sp³-hybridized carbons (Fsp3) is 0.375. The van der Waals surface area contributed by atoms with Crippen LogP contribution in [0.5, 0.6) is 0 Å². The lowest BCUT2D eigenvalue weighted by atomic mass is 10.1. The van der Waals surface area contributed by atoms with Crippen LogP contribution < -0.4 is 0 Å². The number of hydrogen-bond donors (Lipinski definition) is 1.